The fourth-order valence-electron chi connectivity index (χ4n) is 2.93. The number of rotatable bonds is 3. The van der Waals surface area contributed by atoms with Gasteiger partial charge in [-0.05, 0) is 25.5 Å². The van der Waals surface area contributed by atoms with Gasteiger partial charge in [-0.15, -0.1) is 10.2 Å². The van der Waals surface area contributed by atoms with E-state index < -0.39 is 17.8 Å². The van der Waals surface area contributed by atoms with Gasteiger partial charge in [-0.2, -0.15) is 13.2 Å². The monoisotopic (exact) mass is 338 g/mol. The van der Waals surface area contributed by atoms with Gasteiger partial charge in [0, 0.05) is 12.1 Å². The molecule has 0 saturated heterocycles. The van der Waals surface area contributed by atoms with Crippen LogP contribution in [0.25, 0.3) is 11.4 Å². The first-order valence-electron chi connectivity index (χ1n) is 7.73. The Bertz CT molecular complexity index is 752. The van der Waals surface area contributed by atoms with Gasteiger partial charge in [0.05, 0.1) is 12.1 Å². The zero-order valence-electron chi connectivity index (χ0n) is 13.3. The first kappa shape index (κ1) is 16.5. The highest BCUT2D eigenvalue weighted by atomic mass is 19.4. The highest BCUT2D eigenvalue weighted by Gasteiger charge is 2.34. The van der Waals surface area contributed by atoms with Gasteiger partial charge >= 0.3 is 6.18 Å². The van der Waals surface area contributed by atoms with Gasteiger partial charge in [0.1, 0.15) is 6.04 Å². The van der Waals surface area contributed by atoms with Crippen molar-refractivity contribution in [3.05, 3.63) is 35.7 Å². The minimum atomic E-state index is -4.38. The van der Waals surface area contributed by atoms with E-state index in [1.807, 2.05) is 6.92 Å². The molecule has 2 aromatic rings. The predicted molar refractivity (Wildman–Crippen MR) is 80.9 cm³/mol. The Kier molecular flexibility index (Phi) is 4.06. The number of aromatic nitrogens is 3. The second kappa shape index (κ2) is 5.92. The average molecular weight is 338 g/mol. The number of alkyl halides is 3. The first-order valence-corrected chi connectivity index (χ1v) is 7.73. The summed E-state index contributed by atoms with van der Waals surface area (Å²) in [5, 5.41) is 8.21. The maximum Gasteiger partial charge on any atom is 0.416 e. The van der Waals surface area contributed by atoms with Crippen LogP contribution in [0.2, 0.25) is 0 Å². The summed E-state index contributed by atoms with van der Waals surface area (Å²) in [6, 6.07) is 4.25. The van der Waals surface area contributed by atoms with Gasteiger partial charge in [-0.3, -0.25) is 9.36 Å². The van der Waals surface area contributed by atoms with Crippen molar-refractivity contribution in [2.75, 3.05) is 6.54 Å². The molecule has 0 aliphatic carbocycles. The van der Waals surface area contributed by atoms with Crippen LogP contribution in [0.1, 0.15) is 37.7 Å². The molecule has 128 valence electrons. The van der Waals surface area contributed by atoms with E-state index in [1.165, 1.54) is 12.1 Å². The van der Waals surface area contributed by atoms with E-state index in [4.69, 9.17) is 0 Å². The second-order valence-corrected chi connectivity index (χ2v) is 5.82. The van der Waals surface area contributed by atoms with Gasteiger partial charge in [0.25, 0.3) is 0 Å². The molecule has 1 aromatic carbocycles. The highest BCUT2D eigenvalue weighted by molar-refractivity contribution is 5.82. The van der Waals surface area contributed by atoms with Crippen molar-refractivity contribution >= 4 is 5.91 Å². The summed E-state index contributed by atoms with van der Waals surface area (Å²) < 4.78 is 39.7. The van der Waals surface area contributed by atoms with Crippen molar-refractivity contribution in [1.29, 1.82) is 0 Å². The summed E-state index contributed by atoms with van der Waals surface area (Å²) in [7, 11) is 0. The van der Waals surface area contributed by atoms with Crippen molar-refractivity contribution in [1.82, 2.24) is 19.7 Å². The van der Waals surface area contributed by atoms with Crippen LogP contribution in [0.5, 0.6) is 0 Å². The molecule has 24 heavy (non-hydrogen) atoms. The molecule has 1 aliphatic rings. The number of benzene rings is 1. The van der Waals surface area contributed by atoms with Crippen LogP contribution in [0.15, 0.2) is 24.3 Å². The summed E-state index contributed by atoms with van der Waals surface area (Å²) in [5.74, 6) is 1.03. The van der Waals surface area contributed by atoms with Crippen molar-refractivity contribution in [2.45, 2.75) is 39.0 Å². The number of carbonyl (C=O) groups excluding carboxylic acids is 1. The lowest BCUT2D eigenvalue weighted by atomic mass is 10.1. The Hall–Kier alpha value is -2.38. The Balaban J connectivity index is 1.97. The molecule has 0 N–H and O–H groups in total. The van der Waals surface area contributed by atoms with Gasteiger partial charge in [-0.1, -0.05) is 19.1 Å². The molecule has 1 amide bonds. The second-order valence-electron chi connectivity index (χ2n) is 5.82. The van der Waals surface area contributed by atoms with E-state index in [0.29, 0.717) is 30.3 Å². The maximum atomic E-state index is 12.7. The summed E-state index contributed by atoms with van der Waals surface area (Å²) in [6.07, 6.45) is -3.54. The first-order chi connectivity index (χ1) is 11.3. The fourth-order valence-corrected chi connectivity index (χ4v) is 2.93. The Morgan fingerprint density at radius 1 is 1.21 bits per heavy atom. The third-order valence-corrected chi connectivity index (χ3v) is 4.12. The molecule has 1 aliphatic heterocycles. The number of nitrogens with zero attached hydrogens (tertiary/aromatic N) is 4. The summed E-state index contributed by atoms with van der Waals surface area (Å²) in [4.78, 5) is 14.2. The molecule has 2 heterocycles. The van der Waals surface area contributed by atoms with Crippen LogP contribution in [0.4, 0.5) is 13.2 Å². The van der Waals surface area contributed by atoms with E-state index in [0.717, 1.165) is 18.6 Å². The molecule has 0 radical (unpaired) electrons. The molecule has 0 fully saturated rings. The lowest BCUT2D eigenvalue weighted by Gasteiger charge is -2.31. The molecule has 1 aromatic heterocycles. The molecule has 3 rings (SSSR count). The lowest BCUT2D eigenvalue weighted by Crippen LogP contribution is -2.42. The summed E-state index contributed by atoms with van der Waals surface area (Å²) in [5.41, 5.74) is -0.215. The molecule has 1 atom stereocenters. The summed E-state index contributed by atoms with van der Waals surface area (Å²) in [6.45, 7) is 4.76. The number of hydrogen-bond donors (Lipinski definition) is 0. The third kappa shape index (κ3) is 2.76. The van der Waals surface area contributed by atoms with Crippen molar-refractivity contribution in [3.8, 4) is 11.4 Å². The molecule has 8 heteroatoms. The Morgan fingerprint density at radius 3 is 2.46 bits per heavy atom. The van der Waals surface area contributed by atoms with E-state index >= 15 is 0 Å². The van der Waals surface area contributed by atoms with Crippen LogP contribution in [-0.4, -0.2) is 32.1 Å². The van der Waals surface area contributed by atoms with E-state index in [2.05, 4.69) is 10.2 Å². The van der Waals surface area contributed by atoms with Crippen LogP contribution >= 0.6 is 0 Å². The van der Waals surface area contributed by atoms with Gasteiger partial charge < -0.3 is 4.90 Å². The number of halogens is 3. The number of fused-ring (bicyclic) bond motifs is 1. The quantitative estimate of drug-likeness (QED) is 0.863. The molecule has 0 bridgehead atoms. The van der Waals surface area contributed by atoms with E-state index in [9.17, 15) is 18.0 Å². The van der Waals surface area contributed by atoms with Gasteiger partial charge in [-0.25, -0.2) is 0 Å². The number of carbonyl (C=O) groups is 1. The van der Waals surface area contributed by atoms with Crippen LogP contribution in [0, 0.1) is 0 Å². The zero-order chi connectivity index (χ0) is 17.5. The van der Waals surface area contributed by atoms with Gasteiger partial charge in [0.15, 0.2) is 11.6 Å². The SMILES string of the molecule is CCCN1Cc2nnc(-c3ccc(C(F)(F)F)cc3)n2[C@H](C)C1=O. The number of hydrogen-bond acceptors (Lipinski definition) is 3. The normalized spacial score (nSPS) is 18.0. The molecule has 0 saturated carbocycles. The highest BCUT2D eigenvalue weighted by Crippen LogP contribution is 2.32. The van der Waals surface area contributed by atoms with Crippen molar-refractivity contribution < 1.29 is 18.0 Å². The van der Waals surface area contributed by atoms with Crippen molar-refractivity contribution in [2.24, 2.45) is 0 Å². The smallest absolute Gasteiger partial charge is 0.333 e. The predicted octanol–water partition coefficient (Wildman–Crippen LogP) is 3.28. The minimum absolute atomic E-state index is 0.0303. The molecular formula is C16H17F3N4O. The largest absolute Gasteiger partial charge is 0.416 e. The zero-order valence-corrected chi connectivity index (χ0v) is 13.3. The molecular weight excluding hydrogens is 321 g/mol. The maximum absolute atomic E-state index is 12.7. The Labute approximate surface area is 137 Å². The molecule has 5 nitrogen and oxygen atoms in total. The van der Waals surface area contributed by atoms with E-state index in [-0.39, 0.29) is 5.91 Å². The van der Waals surface area contributed by atoms with Crippen molar-refractivity contribution in [3.63, 3.8) is 0 Å². The lowest BCUT2D eigenvalue weighted by molar-refractivity contribution is -0.138. The van der Waals surface area contributed by atoms with E-state index in [1.54, 1.807) is 16.4 Å². The van der Waals surface area contributed by atoms with Crippen LogP contribution in [0.3, 0.4) is 0 Å². The standard InChI is InChI=1S/C16H17F3N4O/c1-3-8-22-9-13-20-21-14(23(13)10(2)15(22)24)11-4-6-12(7-5-11)16(17,18)19/h4-7,10H,3,8-9H2,1-2H3/t10-/m1/s1. The van der Waals surface area contributed by atoms with Crippen LogP contribution in [-0.2, 0) is 17.5 Å². The Morgan fingerprint density at radius 2 is 1.88 bits per heavy atom. The fraction of sp³-hybridized carbons (Fsp3) is 0.438. The number of amides is 1. The summed E-state index contributed by atoms with van der Waals surface area (Å²) >= 11 is 0. The minimum Gasteiger partial charge on any atom is -0.333 e. The van der Waals surface area contributed by atoms with Crippen LogP contribution < -0.4 is 0 Å². The molecule has 0 spiro atoms. The molecule has 0 unspecified atom stereocenters. The van der Waals surface area contributed by atoms with Gasteiger partial charge in [0.2, 0.25) is 5.91 Å². The topological polar surface area (TPSA) is 51.0 Å². The third-order valence-electron chi connectivity index (χ3n) is 4.12. The average Bonchev–Trinajstić information content (AvgIpc) is 2.96.